The van der Waals surface area contributed by atoms with Crippen LogP contribution in [0.5, 0.6) is 0 Å². The SMILES string of the molecule is CN(C)c1nc(Cl)nc2c1ncn2CC(=O)O. The second kappa shape index (κ2) is 4.17. The van der Waals surface area contributed by atoms with E-state index in [0.717, 1.165) is 0 Å². The summed E-state index contributed by atoms with van der Waals surface area (Å²) >= 11 is 5.80. The zero-order valence-electron chi connectivity index (χ0n) is 9.25. The van der Waals surface area contributed by atoms with Crippen LogP contribution in [0.15, 0.2) is 6.33 Å². The van der Waals surface area contributed by atoms with Crippen LogP contribution in [0.2, 0.25) is 5.28 Å². The Bertz CT molecular complexity index is 580. The molecule has 0 radical (unpaired) electrons. The van der Waals surface area contributed by atoms with E-state index in [4.69, 9.17) is 16.7 Å². The molecule has 2 heterocycles. The van der Waals surface area contributed by atoms with Crippen LogP contribution in [0.1, 0.15) is 0 Å². The molecule has 7 nitrogen and oxygen atoms in total. The Labute approximate surface area is 102 Å². The molecule has 0 unspecified atom stereocenters. The number of halogens is 1. The number of fused-ring (bicyclic) bond motifs is 1. The maximum atomic E-state index is 10.7. The number of hydrogen-bond acceptors (Lipinski definition) is 5. The Kier molecular flexibility index (Phi) is 2.84. The summed E-state index contributed by atoms with van der Waals surface area (Å²) in [6.07, 6.45) is 1.41. The molecule has 2 aromatic rings. The Hall–Kier alpha value is -1.89. The number of rotatable bonds is 3. The fourth-order valence-electron chi connectivity index (χ4n) is 1.48. The zero-order chi connectivity index (χ0) is 12.6. The number of anilines is 1. The second-order valence-corrected chi connectivity index (χ2v) is 3.99. The van der Waals surface area contributed by atoms with Gasteiger partial charge in [0.25, 0.3) is 0 Å². The minimum absolute atomic E-state index is 0.0633. The molecule has 2 rings (SSSR count). The third-order valence-corrected chi connectivity index (χ3v) is 2.32. The second-order valence-electron chi connectivity index (χ2n) is 3.65. The minimum Gasteiger partial charge on any atom is -0.480 e. The highest BCUT2D eigenvalue weighted by Gasteiger charge is 2.14. The van der Waals surface area contributed by atoms with E-state index in [2.05, 4.69) is 15.0 Å². The van der Waals surface area contributed by atoms with Crippen molar-refractivity contribution >= 4 is 34.6 Å². The normalized spacial score (nSPS) is 10.8. The summed E-state index contributed by atoms with van der Waals surface area (Å²) in [5, 5.41) is 8.82. The van der Waals surface area contributed by atoms with Crippen molar-refractivity contribution in [1.29, 1.82) is 0 Å². The van der Waals surface area contributed by atoms with Crippen LogP contribution in [0.4, 0.5) is 5.82 Å². The summed E-state index contributed by atoms with van der Waals surface area (Å²) in [5.41, 5.74) is 0.941. The fraction of sp³-hybridized carbons (Fsp3) is 0.333. The molecule has 1 N–H and O–H groups in total. The van der Waals surface area contributed by atoms with Gasteiger partial charge in [-0.2, -0.15) is 9.97 Å². The van der Waals surface area contributed by atoms with Gasteiger partial charge in [-0.25, -0.2) is 4.98 Å². The van der Waals surface area contributed by atoms with Crippen molar-refractivity contribution < 1.29 is 9.90 Å². The number of aliphatic carboxylic acids is 1. The largest absolute Gasteiger partial charge is 0.480 e. The van der Waals surface area contributed by atoms with Gasteiger partial charge in [0.1, 0.15) is 6.54 Å². The molecule has 0 fully saturated rings. The molecule has 0 bridgehead atoms. The van der Waals surface area contributed by atoms with Crippen molar-refractivity contribution in [3.05, 3.63) is 11.6 Å². The first kappa shape index (κ1) is 11.6. The van der Waals surface area contributed by atoms with Crippen LogP contribution < -0.4 is 4.90 Å². The van der Waals surface area contributed by atoms with E-state index in [9.17, 15) is 4.79 Å². The number of carboxylic acids is 1. The molecule has 0 aliphatic rings. The van der Waals surface area contributed by atoms with Crippen molar-refractivity contribution in [3.63, 3.8) is 0 Å². The number of carboxylic acid groups (broad SMARTS) is 1. The molecule has 0 saturated heterocycles. The van der Waals surface area contributed by atoms with Crippen molar-refractivity contribution in [3.8, 4) is 0 Å². The lowest BCUT2D eigenvalue weighted by molar-refractivity contribution is -0.137. The van der Waals surface area contributed by atoms with E-state index >= 15 is 0 Å². The molecule has 17 heavy (non-hydrogen) atoms. The topological polar surface area (TPSA) is 84.1 Å². The highest BCUT2D eigenvalue weighted by molar-refractivity contribution is 6.28. The molecule has 2 aromatic heterocycles. The molecular weight excluding hydrogens is 246 g/mol. The number of carbonyl (C=O) groups is 1. The highest BCUT2D eigenvalue weighted by atomic mass is 35.5. The van der Waals surface area contributed by atoms with Gasteiger partial charge in [-0.1, -0.05) is 0 Å². The Balaban J connectivity index is 2.64. The van der Waals surface area contributed by atoms with E-state index in [0.29, 0.717) is 17.0 Å². The first-order chi connectivity index (χ1) is 7.99. The van der Waals surface area contributed by atoms with E-state index in [1.165, 1.54) is 10.9 Å². The van der Waals surface area contributed by atoms with E-state index < -0.39 is 5.97 Å². The maximum absolute atomic E-state index is 10.7. The van der Waals surface area contributed by atoms with Gasteiger partial charge in [0.2, 0.25) is 5.28 Å². The van der Waals surface area contributed by atoms with Crippen LogP contribution in [0.3, 0.4) is 0 Å². The lowest BCUT2D eigenvalue weighted by Gasteiger charge is -2.11. The van der Waals surface area contributed by atoms with Crippen molar-refractivity contribution in [2.24, 2.45) is 0 Å². The summed E-state index contributed by atoms with van der Waals surface area (Å²) < 4.78 is 1.41. The molecule has 0 aliphatic carbocycles. The van der Waals surface area contributed by atoms with E-state index in [1.54, 1.807) is 19.0 Å². The molecule has 0 aromatic carbocycles. The minimum atomic E-state index is -0.967. The number of hydrogen-bond donors (Lipinski definition) is 1. The summed E-state index contributed by atoms with van der Waals surface area (Å²) in [5.74, 6) is -0.408. The monoisotopic (exact) mass is 255 g/mol. The smallest absolute Gasteiger partial charge is 0.323 e. The third kappa shape index (κ3) is 2.14. The quantitative estimate of drug-likeness (QED) is 0.810. The summed E-state index contributed by atoms with van der Waals surface area (Å²) in [6, 6.07) is 0. The summed E-state index contributed by atoms with van der Waals surface area (Å²) in [4.78, 5) is 24.6. The van der Waals surface area contributed by atoms with Crippen molar-refractivity contribution in [1.82, 2.24) is 19.5 Å². The Morgan fingerprint density at radius 3 is 2.82 bits per heavy atom. The molecule has 0 spiro atoms. The molecular formula is C9H10ClN5O2. The van der Waals surface area contributed by atoms with Gasteiger partial charge in [0.15, 0.2) is 17.0 Å². The van der Waals surface area contributed by atoms with Gasteiger partial charge in [-0.3, -0.25) is 4.79 Å². The van der Waals surface area contributed by atoms with Crippen LogP contribution in [0, 0.1) is 0 Å². The Morgan fingerprint density at radius 2 is 2.24 bits per heavy atom. The van der Waals surface area contributed by atoms with Gasteiger partial charge in [0.05, 0.1) is 6.33 Å². The highest BCUT2D eigenvalue weighted by Crippen LogP contribution is 2.22. The molecule has 8 heteroatoms. The van der Waals surface area contributed by atoms with Gasteiger partial charge >= 0.3 is 5.97 Å². The number of aromatic nitrogens is 4. The van der Waals surface area contributed by atoms with Crippen LogP contribution in [-0.2, 0) is 11.3 Å². The third-order valence-electron chi connectivity index (χ3n) is 2.15. The van der Waals surface area contributed by atoms with Crippen molar-refractivity contribution in [2.45, 2.75) is 6.54 Å². The van der Waals surface area contributed by atoms with Gasteiger partial charge in [0, 0.05) is 14.1 Å². The average Bonchev–Trinajstić information content (AvgIpc) is 2.59. The predicted molar refractivity (Wildman–Crippen MR) is 62.3 cm³/mol. The molecule has 0 atom stereocenters. The number of nitrogens with zero attached hydrogens (tertiary/aromatic N) is 5. The first-order valence-corrected chi connectivity index (χ1v) is 5.14. The van der Waals surface area contributed by atoms with Crippen molar-refractivity contribution in [2.75, 3.05) is 19.0 Å². The van der Waals surface area contributed by atoms with Gasteiger partial charge < -0.3 is 14.6 Å². The van der Waals surface area contributed by atoms with Gasteiger partial charge in [-0.15, -0.1) is 0 Å². The average molecular weight is 256 g/mol. The lowest BCUT2D eigenvalue weighted by Crippen LogP contribution is -2.13. The Morgan fingerprint density at radius 1 is 1.53 bits per heavy atom. The molecule has 0 saturated carbocycles. The predicted octanol–water partition coefficient (Wildman–Crippen LogP) is 0.630. The maximum Gasteiger partial charge on any atom is 0.323 e. The molecule has 90 valence electrons. The van der Waals surface area contributed by atoms with E-state index in [-0.39, 0.29) is 11.8 Å². The van der Waals surface area contributed by atoms with Crippen LogP contribution in [-0.4, -0.2) is 44.7 Å². The van der Waals surface area contributed by atoms with E-state index in [1.807, 2.05) is 0 Å². The fourth-order valence-corrected chi connectivity index (χ4v) is 1.64. The van der Waals surface area contributed by atoms with Crippen LogP contribution >= 0.6 is 11.6 Å². The standard InChI is InChI=1S/C9H10ClN5O2/c1-14(2)7-6-8(13-9(10)12-7)15(4-11-6)3-5(16)17/h4H,3H2,1-2H3,(H,16,17). The molecule has 0 amide bonds. The first-order valence-electron chi connectivity index (χ1n) is 4.76. The summed E-state index contributed by atoms with van der Waals surface area (Å²) in [7, 11) is 3.60. The summed E-state index contributed by atoms with van der Waals surface area (Å²) in [6.45, 7) is -0.212. The van der Waals surface area contributed by atoms with Gasteiger partial charge in [-0.05, 0) is 11.6 Å². The zero-order valence-corrected chi connectivity index (χ0v) is 10.0. The lowest BCUT2D eigenvalue weighted by atomic mass is 10.4. The number of imidazole rings is 1. The molecule has 0 aliphatic heterocycles. The van der Waals surface area contributed by atoms with Crippen LogP contribution in [0.25, 0.3) is 11.2 Å².